The van der Waals surface area contributed by atoms with Crippen molar-refractivity contribution in [1.82, 2.24) is 4.98 Å². The summed E-state index contributed by atoms with van der Waals surface area (Å²) in [6, 6.07) is 14.0. The minimum absolute atomic E-state index is 0.573. The van der Waals surface area contributed by atoms with E-state index < -0.39 is 6.10 Å². The first kappa shape index (κ1) is 12.8. The quantitative estimate of drug-likeness (QED) is 0.773. The molecule has 2 aromatic heterocycles. The maximum atomic E-state index is 10.4. The topological polar surface area (TPSA) is 33.1 Å². The second kappa shape index (κ2) is 5.41. The normalized spacial score (nSPS) is 12.7. The molecule has 3 aromatic rings. The average Bonchev–Trinajstić information content (AvgIpc) is 2.83. The number of halogens is 1. The van der Waals surface area contributed by atoms with Gasteiger partial charge in [0.05, 0.1) is 9.48 Å². The molecule has 2 heterocycles. The van der Waals surface area contributed by atoms with Gasteiger partial charge in [0.1, 0.15) is 6.10 Å². The first-order chi connectivity index (χ1) is 9.24. The highest BCUT2D eigenvalue weighted by atomic mass is 79.9. The summed E-state index contributed by atoms with van der Waals surface area (Å²) in [5, 5.41) is 12.5. The van der Waals surface area contributed by atoms with Crippen molar-refractivity contribution >= 4 is 38.0 Å². The van der Waals surface area contributed by atoms with Gasteiger partial charge in [0.25, 0.3) is 0 Å². The number of aliphatic hydroxyl groups is 1. The Hall–Kier alpha value is -1.23. The van der Waals surface area contributed by atoms with Gasteiger partial charge in [0, 0.05) is 22.9 Å². The highest BCUT2D eigenvalue weighted by Crippen LogP contribution is 2.29. The second-order valence-electron chi connectivity index (χ2n) is 4.34. The molecule has 96 valence electrons. The van der Waals surface area contributed by atoms with Crippen LogP contribution >= 0.6 is 27.3 Å². The van der Waals surface area contributed by atoms with E-state index in [2.05, 4.69) is 20.9 Å². The largest absolute Gasteiger partial charge is 0.386 e. The fourth-order valence-corrected chi connectivity index (χ4v) is 3.68. The summed E-state index contributed by atoms with van der Waals surface area (Å²) in [5.41, 5.74) is 0.752. The Labute approximate surface area is 123 Å². The Balaban J connectivity index is 1.95. The molecule has 1 unspecified atom stereocenters. The van der Waals surface area contributed by atoms with Crippen LogP contribution in [0.1, 0.15) is 16.7 Å². The van der Waals surface area contributed by atoms with Gasteiger partial charge in [-0.05, 0) is 39.5 Å². The summed E-state index contributed by atoms with van der Waals surface area (Å²) in [5.74, 6) is 0. The highest BCUT2D eigenvalue weighted by Gasteiger charge is 2.14. The van der Waals surface area contributed by atoms with Crippen molar-refractivity contribution in [3.8, 4) is 0 Å². The number of pyridine rings is 1. The van der Waals surface area contributed by atoms with Crippen LogP contribution in [0.3, 0.4) is 0 Å². The number of nitrogens with zero attached hydrogens (tertiary/aromatic N) is 1. The van der Waals surface area contributed by atoms with Gasteiger partial charge in [-0.2, -0.15) is 0 Å². The summed E-state index contributed by atoms with van der Waals surface area (Å²) in [7, 11) is 0. The van der Waals surface area contributed by atoms with E-state index in [1.54, 1.807) is 17.5 Å². The van der Waals surface area contributed by atoms with E-state index in [9.17, 15) is 5.11 Å². The smallest absolute Gasteiger partial charge is 0.101 e. The third-order valence-electron chi connectivity index (χ3n) is 3.04. The van der Waals surface area contributed by atoms with E-state index in [1.807, 2.05) is 42.5 Å². The van der Waals surface area contributed by atoms with E-state index >= 15 is 0 Å². The van der Waals surface area contributed by atoms with Gasteiger partial charge in [0.15, 0.2) is 0 Å². The number of benzene rings is 1. The maximum absolute atomic E-state index is 10.4. The summed E-state index contributed by atoms with van der Waals surface area (Å²) < 4.78 is 1.08. The van der Waals surface area contributed by atoms with Crippen molar-refractivity contribution in [3.63, 3.8) is 0 Å². The van der Waals surface area contributed by atoms with Crippen molar-refractivity contribution in [2.75, 3.05) is 0 Å². The van der Waals surface area contributed by atoms with Gasteiger partial charge in [-0.25, -0.2) is 0 Å². The van der Waals surface area contributed by atoms with Crippen molar-refractivity contribution in [2.45, 2.75) is 12.5 Å². The van der Waals surface area contributed by atoms with Crippen LogP contribution in [0, 0.1) is 0 Å². The fraction of sp³-hybridized carbons (Fsp3) is 0.133. The molecule has 2 nitrogen and oxygen atoms in total. The Morgan fingerprint density at radius 2 is 2.00 bits per heavy atom. The molecule has 0 aliphatic carbocycles. The lowest BCUT2D eigenvalue weighted by Crippen LogP contribution is -2.03. The molecule has 0 aliphatic rings. The van der Waals surface area contributed by atoms with E-state index in [-0.39, 0.29) is 0 Å². The predicted molar refractivity (Wildman–Crippen MR) is 82.4 cm³/mol. The monoisotopic (exact) mass is 333 g/mol. The maximum Gasteiger partial charge on any atom is 0.101 e. The number of thiophene rings is 1. The molecule has 3 rings (SSSR count). The summed E-state index contributed by atoms with van der Waals surface area (Å²) in [6.45, 7) is 0. The molecule has 4 heteroatoms. The van der Waals surface area contributed by atoms with Crippen molar-refractivity contribution in [1.29, 1.82) is 0 Å². The van der Waals surface area contributed by atoms with Crippen LogP contribution in [0.5, 0.6) is 0 Å². The Bertz CT molecular complexity index is 705. The zero-order chi connectivity index (χ0) is 13.2. The van der Waals surface area contributed by atoms with Crippen LogP contribution in [0.25, 0.3) is 10.8 Å². The Morgan fingerprint density at radius 1 is 1.16 bits per heavy atom. The molecule has 0 fully saturated rings. The SMILES string of the molecule is OC(Cc1ccc(Br)s1)c1nccc2ccccc12. The van der Waals surface area contributed by atoms with E-state index in [1.165, 1.54) is 0 Å². The molecule has 0 saturated carbocycles. The number of aromatic nitrogens is 1. The number of hydrogen-bond acceptors (Lipinski definition) is 3. The molecule has 1 atom stereocenters. The molecule has 0 bridgehead atoms. The number of fused-ring (bicyclic) bond motifs is 1. The minimum atomic E-state index is -0.573. The van der Waals surface area contributed by atoms with Gasteiger partial charge in [-0.3, -0.25) is 4.98 Å². The molecule has 0 spiro atoms. The summed E-state index contributed by atoms with van der Waals surface area (Å²) in [4.78, 5) is 5.50. The summed E-state index contributed by atoms with van der Waals surface area (Å²) >= 11 is 5.08. The third kappa shape index (κ3) is 2.71. The van der Waals surface area contributed by atoms with Crippen LogP contribution in [-0.4, -0.2) is 10.1 Å². The van der Waals surface area contributed by atoms with Gasteiger partial charge in [-0.15, -0.1) is 11.3 Å². The molecule has 0 amide bonds. The Kier molecular flexibility index (Phi) is 3.64. The molecule has 19 heavy (non-hydrogen) atoms. The van der Waals surface area contributed by atoms with Gasteiger partial charge in [-0.1, -0.05) is 24.3 Å². The molecular weight excluding hydrogens is 322 g/mol. The average molecular weight is 334 g/mol. The molecule has 0 saturated heterocycles. The van der Waals surface area contributed by atoms with E-state index in [0.29, 0.717) is 6.42 Å². The molecule has 0 aliphatic heterocycles. The first-order valence-corrected chi connectivity index (χ1v) is 7.61. The molecule has 0 radical (unpaired) electrons. The first-order valence-electron chi connectivity index (χ1n) is 6.00. The standard InChI is InChI=1S/C15H12BrNOS/c16-14-6-5-11(19-14)9-13(18)15-12-4-2-1-3-10(12)7-8-17-15/h1-8,13,18H,9H2. The molecule has 1 N–H and O–H groups in total. The number of hydrogen-bond donors (Lipinski definition) is 1. The lowest BCUT2D eigenvalue weighted by atomic mass is 10.0. The van der Waals surface area contributed by atoms with Crippen LogP contribution in [0.15, 0.2) is 52.4 Å². The van der Waals surface area contributed by atoms with Gasteiger partial charge >= 0.3 is 0 Å². The van der Waals surface area contributed by atoms with Crippen molar-refractivity contribution in [2.24, 2.45) is 0 Å². The number of aliphatic hydroxyl groups excluding tert-OH is 1. The van der Waals surface area contributed by atoms with E-state index in [0.717, 1.165) is 25.1 Å². The zero-order valence-corrected chi connectivity index (χ0v) is 12.5. The number of rotatable bonds is 3. The fourth-order valence-electron chi connectivity index (χ4n) is 2.16. The highest BCUT2D eigenvalue weighted by molar-refractivity contribution is 9.11. The predicted octanol–water partition coefficient (Wildman–Crippen LogP) is 4.33. The molecular formula is C15H12BrNOS. The third-order valence-corrected chi connectivity index (χ3v) is 4.69. The lowest BCUT2D eigenvalue weighted by Gasteiger charge is -2.11. The van der Waals surface area contributed by atoms with Crippen LogP contribution in [-0.2, 0) is 6.42 Å². The van der Waals surface area contributed by atoms with Gasteiger partial charge in [0.2, 0.25) is 0 Å². The van der Waals surface area contributed by atoms with Crippen LogP contribution < -0.4 is 0 Å². The van der Waals surface area contributed by atoms with Crippen molar-refractivity contribution < 1.29 is 5.11 Å². The molecule has 1 aromatic carbocycles. The lowest BCUT2D eigenvalue weighted by molar-refractivity contribution is 0.176. The summed E-state index contributed by atoms with van der Waals surface area (Å²) in [6.07, 6.45) is 1.78. The van der Waals surface area contributed by atoms with Crippen LogP contribution in [0.2, 0.25) is 0 Å². The van der Waals surface area contributed by atoms with Crippen LogP contribution in [0.4, 0.5) is 0 Å². The van der Waals surface area contributed by atoms with Crippen molar-refractivity contribution in [3.05, 3.63) is 63.0 Å². The Morgan fingerprint density at radius 3 is 2.79 bits per heavy atom. The minimum Gasteiger partial charge on any atom is -0.386 e. The second-order valence-corrected chi connectivity index (χ2v) is 6.89. The zero-order valence-electron chi connectivity index (χ0n) is 10.1. The van der Waals surface area contributed by atoms with E-state index in [4.69, 9.17) is 0 Å². The van der Waals surface area contributed by atoms with Gasteiger partial charge < -0.3 is 5.11 Å².